The summed E-state index contributed by atoms with van der Waals surface area (Å²) in [5, 5.41) is 6.26. The topological polar surface area (TPSA) is 61.4 Å². The van der Waals surface area contributed by atoms with Gasteiger partial charge in [-0.3, -0.25) is 9.59 Å². The molecule has 1 aromatic carbocycles. The zero-order chi connectivity index (χ0) is 19.8. The third-order valence-corrected chi connectivity index (χ3v) is 6.42. The maximum Gasteiger partial charge on any atom is 0.241 e. The van der Waals surface area contributed by atoms with Crippen molar-refractivity contribution >= 4 is 11.8 Å². The van der Waals surface area contributed by atoms with E-state index < -0.39 is 0 Å². The van der Waals surface area contributed by atoms with Crippen LogP contribution in [0.4, 0.5) is 0 Å². The van der Waals surface area contributed by atoms with Crippen molar-refractivity contribution in [2.75, 3.05) is 32.7 Å². The lowest BCUT2D eigenvalue weighted by Gasteiger charge is -2.32. The Kier molecular flexibility index (Phi) is 7.90. The van der Waals surface area contributed by atoms with E-state index in [-0.39, 0.29) is 18.4 Å². The van der Waals surface area contributed by atoms with E-state index in [1.807, 2.05) is 11.0 Å². The van der Waals surface area contributed by atoms with E-state index in [4.69, 9.17) is 0 Å². The van der Waals surface area contributed by atoms with Crippen molar-refractivity contribution in [2.45, 2.75) is 45.4 Å². The molecule has 2 atom stereocenters. The van der Waals surface area contributed by atoms with Crippen LogP contribution in [-0.4, -0.2) is 49.4 Å². The first kappa shape index (κ1) is 20.8. The zero-order valence-electron chi connectivity index (χ0n) is 17.2. The Bertz CT molecular complexity index is 620. The lowest BCUT2D eigenvalue weighted by Crippen LogP contribution is -2.44. The highest BCUT2D eigenvalue weighted by Gasteiger charge is 2.25. The summed E-state index contributed by atoms with van der Waals surface area (Å²) in [6, 6.07) is 10.6. The van der Waals surface area contributed by atoms with E-state index >= 15 is 0 Å². The molecule has 0 aliphatic carbocycles. The van der Waals surface area contributed by atoms with Crippen molar-refractivity contribution in [2.24, 2.45) is 17.8 Å². The van der Waals surface area contributed by atoms with Crippen LogP contribution in [0.1, 0.15) is 44.6 Å². The molecule has 2 aliphatic rings. The Morgan fingerprint density at radius 1 is 1.18 bits per heavy atom. The molecular formula is C23H35N3O2. The van der Waals surface area contributed by atoms with Crippen molar-refractivity contribution < 1.29 is 9.59 Å². The van der Waals surface area contributed by atoms with Crippen LogP contribution in [0.3, 0.4) is 0 Å². The summed E-state index contributed by atoms with van der Waals surface area (Å²) in [6.45, 7) is 5.98. The van der Waals surface area contributed by atoms with Gasteiger partial charge in [0.1, 0.15) is 0 Å². The van der Waals surface area contributed by atoms with Crippen molar-refractivity contribution in [1.29, 1.82) is 0 Å². The number of amides is 2. The monoisotopic (exact) mass is 385 g/mol. The maximum atomic E-state index is 12.5. The maximum absolute atomic E-state index is 12.5. The fourth-order valence-corrected chi connectivity index (χ4v) is 4.52. The van der Waals surface area contributed by atoms with Gasteiger partial charge in [0.05, 0.1) is 6.54 Å². The van der Waals surface area contributed by atoms with Crippen LogP contribution in [0.15, 0.2) is 30.3 Å². The first-order chi connectivity index (χ1) is 13.6. The molecule has 0 spiro atoms. The molecule has 28 heavy (non-hydrogen) atoms. The highest BCUT2D eigenvalue weighted by Crippen LogP contribution is 2.23. The van der Waals surface area contributed by atoms with Crippen molar-refractivity contribution in [3.05, 3.63) is 35.9 Å². The van der Waals surface area contributed by atoms with Gasteiger partial charge in [0.2, 0.25) is 11.8 Å². The van der Waals surface area contributed by atoms with Gasteiger partial charge in [-0.25, -0.2) is 0 Å². The van der Waals surface area contributed by atoms with E-state index in [1.165, 1.54) is 18.4 Å². The number of hydrogen-bond donors (Lipinski definition) is 2. The van der Waals surface area contributed by atoms with Crippen molar-refractivity contribution in [1.82, 2.24) is 15.5 Å². The quantitative estimate of drug-likeness (QED) is 0.758. The Labute approximate surface area is 169 Å². The molecule has 0 aromatic heterocycles. The number of likely N-dealkylation sites (tertiary alicyclic amines) is 1. The van der Waals surface area contributed by atoms with E-state index in [2.05, 4.69) is 41.8 Å². The molecule has 2 amide bonds. The number of rotatable bonds is 7. The van der Waals surface area contributed by atoms with Gasteiger partial charge in [-0.2, -0.15) is 0 Å². The molecule has 3 rings (SSSR count). The average molecular weight is 386 g/mol. The van der Waals surface area contributed by atoms with Crippen LogP contribution in [0.5, 0.6) is 0 Å². The van der Waals surface area contributed by atoms with E-state index in [0.717, 1.165) is 45.4 Å². The molecule has 2 unspecified atom stereocenters. The summed E-state index contributed by atoms with van der Waals surface area (Å²) in [5.74, 6) is 1.63. The first-order valence-electron chi connectivity index (χ1n) is 10.9. The van der Waals surface area contributed by atoms with Crippen LogP contribution in [0.25, 0.3) is 0 Å². The molecular weight excluding hydrogens is 350 g/mol. The highest BCUT2D eigenvalue weighted by atomic mass is 16.2. The smallest absolute Gasteiger partial charge is 0.241 e. The Balaban J connectivity index is 1.33. The van der Waals surface area contributed by atoms with Crippen LogP contribution < -0.4 is 10.6 Å². The minimum absolute atomic E-state index is 0.00499. The van der Waals surface area contributed by atoms with Gasteiger partial charge in [-0.15, -0.1) is 0 Å². The molecule has 154 valence electrons. The third kappa shape index (κ3) is 6.33. The molecule has 1 aromatic rings. The Morgan fingerprint density at radius 3 is 2.61 bits per heavy atom. The van der Waals surface area contributed by atoms with Crippen LogP contribution in [0.2, 0.25) is 0 Å². The van der Waals surface area contributed by atoms with Gasteiger partial charge in [-0.1, -0.05) is 37.3 Å². The van der Waals surface area contributed by atoms with Gasteiger partial charge in [0.15, 0.2) is 0 Å². The largest absolute Gasteiger partial charge is 0.347 e. The predicted molar refractivity (Wildman–Crippen MR) is 112 cm³/mol. The molecule has 2 aliphatic heterocycles. The first-order valence-corrected chi connectivity index (χ1v) is 10.9. The SMILES string of the molecule is CC(CC(=O)NCC(=O)N1CCC(Cc2ccccc2)CC1)C1CCCNC1. The number of carbonyl (C=O) groups is 2. The molecule has 2 heterocycles. The van der Waals surface area contributed by atoms with Crippen molar-refractivity contribution in [3.8, 4) is 0 Å². The Hall–Kier alpha value is -1.88. The van der Waals surface area contributed by atoms with Crippen molar-refractivity contribution in [3.63, 3.8) is 0 Å². The highest BCUT2D eigenvalue weighted by molar-refractivity contribution is 5.84. The van der Waals surface area contributed by atoms with Crippen LogP contribution in [0, 0.1) is 17.8 Å². The summed E-state index contributed by atoms with van der Waals surface area (Å²) >= 11 is 0. The molecule has 5 nitrogen and oxygen atoms in total. The second kappa shape index (κ2) is 10.6. The minimum atomic E-state index is 0.00499. The van der Waals surface area contributed by atoms with E-state index in [1.54, 1.807) is 0 Å². The number of benzene rings is 1. The molecule has 2 N–H and O–H groups in total. The normalized spacial score (nSPS) is 21.9. The van der Waals surface area contributed by atoms with E-state index in [0.29, 0.717) is 24.2 Å². The average Bonchev–Trinajstić information content (AvgIpc) is 2.74. The molecule has 5 heteroatoms. The fraction of sp³-hybridized carbons (Fsp3) is 0.652. The van der Waals surface area contributed by atoms with Crippen LogP contribution >= 0.6 is 0 Å². The third-order valence-electron chi connectivity index (χ3n) is 6.42. The lowest BCUT2D eigenvalue weighted by atomic mass is 9.85. The molecule has 0 bridgehead atoms. The second-order valence-electron chi connectivity index (χ2n) is 8.58. The summed E-state index contributed by atoms with van der Waals surface area (Å²) in [6.07, 6.45) is 6.07. The lowest BCUT2D eigenvalue weighted by molar-refractivity contribution is -0.134. The summed E-state index contributed by atoms with van der Waals surface area (Å²) in [7, 11) is 0. The standard InChI is InChI=1S/C23H35N3O2/c1-18(21-8-5-11-24-16-21)14-22(27)25-17-23(28)26-12-9-20(10-13-26)15-19-6-3-2-4-7-19/h2-4,6-7,18,20-21,24H,5,8-17H2,1H3,(H,25,27). The number of nitrogens with one attached hydrogen (secondary N) is 2. The van der Waals surface area contributed by atoms with Gasteiger partial charge in [0, 0.05) is 19.5 Å². The number of hydrogen-bond acceptors (Lipinski definition) is 3. The minimum Gasteiger partial charge on any atom is -0.347 e. The number of nitrogens with zero attached hydrogens (tertiary/aromatic N) is 1. The number of carbonyl (C=O) groups excluding carboxylic acids is 2. The summed E-state index contributed by atoms with van der Waals surface area (Å²) in [4.78, 5) is 26.6. The molecule has 0 radical (unpaired) electrons. The Morgan fingerprint density at radius 2 is 1.93 bits per heavy atom. The molecule has 0 saturated carbocycles. The van der Waals surface area contributed by atoms with Gasteiger partial charge < -0.3 is 15.5 Å². The van der Waals surface area contributed by atoms with E-state index in [9.17, 15) is 9.59 Å². The van der Waals surface area contributed by atoms with Crippen LogP contribution in [-0.2, 0) is 16.0 Å². The molecule has 2 fully saturated rings. The fourth-order valence-electron chi connectivity index (χ4n) is 4.52. The number of piperidine rings is 2. The van der Waals surface area contributed by atoms with Gasteiger partial charge in [0.25, 0.3) is 0 Å². The van der Waals surface area contributed by atoms with Gasteiger partial charge in [-0.05, 0) is 68.5 Å². The van der Waals surface area contributed by atoms with Gasteiger partial charge >= 0.3 is 0 Å². The summed E-state index contributed by atoms with van der Waals surface area (Å²) < 4.78 is 0. The second-order valence-corrected chi connectivity index (χ2v) is 8.58. The summed E-state index contributed by atoms with van der Waals surface area (Å²) in [5.41, 5.74) is 1.38. The molecule has 2 saturated heterocycles. The predicted octanol–water partition coefficient (Wildman–Crippen LogP) is 2.61. The zero-order valence-corrected chi connectivity index (χ0v) is 17.2.